The molecule has 0 radical (unpaired) electrons. The summed E-state index contributed by atoms with van der Waals surface area (Å²) in [7, 11) is 0. The Bertz CT molecular complexity index is 800. The monoisotopic (exact) mass is 385 g/mol. The zero-order valence-electron chi connectivity index (χ0n) is 16.4. The maximum absolute atomic E-state index is 12.8. The lowest BCUT2D eigenvalue weighted by molar-refractivity contribution is -0.142. The Labute approximate surface area is 165 Å². The SMILES string of the molecule is CCCc1cc([C@@H]2CCCN2C(=O)Nc2ccc(CC(=O)OCC)cc2)no1. The van der Waals surface area contributed by atoms with Gasteiger partial charge in [0.25, 0.3) is 0 Å². The first-order valence-corrected chi connectivity index (χ1v) is 9.88. The molecule has 7 heteroatoms. The smallest absolute Gasteiger partial charge is 0.322 e. The van der Waals surface area contributed by atoms with Crippen LogP contribution in [-0.2, 0) is 22.4 Å². The van der Waals surface area contributed by atoms with E-state index in [1.807, 2.05) is 18.2 Å². The number of anilines is 1. The highest BCUT2D eigenvalue weighted by Gasteiger charge is 2.32. The van der Waals surface area contributed by atoms with Gasteiger partial charge in [-0.15, -0.1) is 0 Å². The fourth-order valence-corrected chi connectivity index (χ4v) is 3.45. The molecular weight excluding hydrogens is 358 g/mol. The van der Waals surface area contributed by atoms with Gasteiger partial charge in [-0.1, -0.05) is 24.2 Å². The molecule has 1 saturated heterocycles. The number of nitrogens with zero attached hydrogens (tertiary/aromatic N) is 2. The Balaban J connectivity index is 1.60. The fourth-order valence-electron chi connectivity index (χ4n) is 3.45. The van der Waals surface area contributed by atoms with Gasteiger partial charge in [0.05, 0.1) is 19.1 Å². The summed E-state index contributed by atoms with van der Waals surface area (Å²) in [6.45, 7) is 4.93. The minimum atomic E-state index is -0.255. The van der Waals surface area contributed by atoms with Gasteiger partial charge in [-0.3, -0.25) is 4.79 Å². The van der Waals surface area contributed by atoms with Crippen LogP contribution in [-0.4, -0.2) is 35.2 Å². The highest BCUT2D eigenvalue weighted by molar-refractivity contribution is 5.89. The number of hydrogen-bond donors (Lipinski definition) is 1. The highest BCUT2D eigenvalue weighted by Crippen LogP contribution is 2.32. The zero-order chi connectivity index (χ0) is 19.9. The number of amides is 2. The summed E-state index contributed by atoms with van der Waals surface area (Å²) in [6.07, 6.45) is 3.89. The largest absolute Gasteiger partial charge is 0.466 e. The van der Waals surface area contributed by atoms with Crippen molar-refractivity contribution in [2.75, 3.05) is 18.5 Å². The van der Waals surface area contributed by atoms with Gasteiger partial charge < -0.3 is 19.5 Å². The molecule has 3 rings (SSSR count). The lowest BCUT2D eigenvalue weighted by atomic mass is 10.1. The van der Waals surface area contributed by atoms with Crippen molar-refractivity contribution in [3.63, 3.8) is 0 Å². The van der Waals surface area contributed by atoms with Crippen molar-refractivity contribution in [3.8, 4) is 0 Å². The van der Waals surface area contributed by atoms with Crippen LogP contribution in [0.25, 0.3) is 0 Å². The number of rotatable bonds is 7. The third-order valence-electron chi connectivity index (χ3n) is 4.79. The second-order valence-electron chi connectivity index (χ2n) is 6.93. The normalized spacial score (nSPS) is 16.2. The fraction of sp³-hybridized carbons (Fsp3) is 0.476. The van der Waals surface area contributed by atoms with Crippen LogP contribution in [0.3, 0.4) is 0 Å². The van der Waals surface area contributed by atoms with Crippen molar-refractivity contribution in [2.24, 2.45) is 0 Å². The molecule has 0 bridgehead atoms. The molecule has 2 aromatic rings. The van der Waals surface area contributed by atoms with Gasteiger partial charge in [0.1, 0.15) is 11.5 Å². The van der Waals surface area contributed by atoms with Gasteiger partial charge in [0.15, 0.2) is 0 Å². The van der Waals surface area contributed by atoms with Crippen LogP contribution in [0, 0.1) is 0 Å². The van der Waals surface area contributed by atoms with Crippen molar-refractivity contribution < 1.29 is 18.8 Å². The molecule has 1 aliphatic heterocycles. The second-order valence-corrected chi connectivity index (χ2v) is 6.93. The summed E-state index contributed by atoms with van der Waals surface area (Å²) in [5.74, 6) is 0.608. The number of carbonyl (C=O) groups is 2. The average molecular weight is 385 g/mol. The summed E-state index contributed by atoms with van der Waals surface area (Å²) < 4.78 is 10.3. The minimum Gasteiger partial charge on any atom is -0.466 e. The molecule has 0 unspecified atom stereocenters. The number of likely N-dealkylation sites (tertiary alicyclic amines) is 1. The predicted octanol–water partition coefficient (Wildman–Crippen LogP) is 4.10. The van der Waals surface area contributed by atoms with E-state index in [2.05, 4.69) is 17.4 Å². The van der Waals surface area contributed by atoms with Crippen LogP contribution >= 0.6 is 0 Å². The highest BCUT2D eigenvalue weighted by atomic mass is 16.5. The second kappa shape index (κ2) is 9.39. The maximum atomic E-state index is 12.8. The van der Waals surface area contributed by atoms with Gasteiger partial charge in [0.2, 0.25) is 0 Å². The third kappa shape index (κ3) is 4.91. The molecule has 28 heavy (non-hydrogen) atoms. The van der Waals surface area contributed by atoms with E-state index in [0.717, 1.165) is 42.7 Å². The Morgan fingerprint density at radius 3 is 2.79 bits per heavy atom. The first-order valence-electron chi connectivity index (χ1n) is 9.88. The van der Waals surface area contributed by atoms with Gasteiger partial charge >= 0.3 is 12.0 Å². The molecule has 0 spiro atoms. The van der Waals surface area contributed by atoms with E-state index in [0.29, 0.717) is 18.8 Å². The lowest BCUT2D eigenvalue weighted by Gasteiger charge is -2.23. The summed E-state index contributed by atoms with van der Waals surface area (Å²) in [4.78, 5) is 26.1. The van der Waals surface area contributed by atoms with Crippen LogP contribution in [0.2, 0.25) is 0 Å². The van der Waals surface area contributed by atoms with Crippen molar-refractivity contribution in [1.82, 2.24) is 10.1 Å². The molecule has 1 fully saturated rings. The molecule has 1 aromatic carbocycles. The number of urea groups is 1. The van der Waals surface area contributed by atoms with E-state index in [-0.39, 0.29) is 24.5 Å². The molecular formula is C21H27N3O4. The quantitative estimate of drug-likeness (QED) is 0.725. The van der Waals surface area contributed by atoms with E-state index >= 15 is 0 Å². The number of carbonyl (C=O) groups excluding carboxylic acids is 2. The molecule has 1 atom stereocenters. The number of benzene rings is 1. The van der Waals surface area contributed by atoms with E-state index in [1.165, 1.54) is 0 Å². The predicted molar refractivity (Wildman–Crippen MR) is 105 cm³/mol. The van der Waals surface area contributed by atoms with E-state index in [4.69, 9.17) is 9.26 Å². The number of esters is 1. The number of hydrogen-bond acceptors (Lipinski definition) is 5. The molecule has 150 valence electrons. The molecule has 2 heterocycles. The maximum Gasteiger partial charge on any atom is 0.322 e. The number of nitrogens with one attached hydrogen (secondary N) is 1. The van der Waals surface area contributed by atoms with Crippen molar-refractivity contribution >= 4 is 17.7 Å². The van der Waals surface area contributed by atoms with Crippen molar-refractivity contribution in [3.05, 3.63) is 47.3 Å². The van der Waals surface area contributed by atoms with Gasteiger partial charge in [-0.2, -0.15) is 0 Å². The topological polar surface area (TPSA) is 84.7 Å². The Morgan fingerprint density at radius 2 is 2.07 bits per heavy atom. The third-order valence-corrected chi connectivity index (χ3v) is 4.79. The minimum absolute atomic E-state index is 0.0579. The number of aromatic nitrogens is 1. The van der Waals surface area contributed by atoms with Gasteiger partial charge in [-0.25, -0.2) is 4.79 Å². The molecule has 0 saturated carbocycles. The standard InChI is InChI=1S/C21H27N3O4/c1-3-6-17-14-18(23-28-17)19-7-5-12-24(19)21(26)22-16-10-8-15(9-11-16)13-20(25)27-4-2/h8-11,14,19H,3-7,12-13H2,1-2H3,(H,22,26)/t19-/m0/s1. The molecule has 2 amide bonds. The first kappa shape index (κ1) is 19.9. The Morgan fingerprint density at radius 1 is 1.29 bits per heavy atom. The van der Waals surface area contributed by atoms with Crippen LogP contribution in [0.5, 0.6) is 0 Å². The van der Waals surface area contributed by atoms with E-state index < -0.39 is 0 Å². The van der Waals surface area contributed by atoms with Crippen molar-refractivity contribution in [1.29, 1.82) is 0 Å². The molecule has 1 N–H and O–H groups in total. The molecule has 1 aliphatic rings. The van der Waals surface area contributed by atoms with Crippen molar-refractivity contribution in [2.45, 2.75) is 52.0 Å². The van der Waals surface area contributed by atoms with Crippen LogP contribution < -0.4 is 5.32 Å². The average Bonchev–Trinajstić information content (AvgIpc) is 3.33. The van der Waals surface area contributed by atoms with Crippen LogP contribution in [0.4, 0.5) is 10.5 Å². The molecule has 1 aromatic heterocycles. The van der Waals surface area contributed by atoms with E-state index in [1.54, 1.807) is 24.0 Å². The molecule has 7 nitrogen and oxygen atoms in total. The van der Waals surface area contributed by atoms with Gasteiger partial charge in [-0.05, 0) is 43.9 Å². The molecule has 0 aliphatic carbocycles. The summed E-state index contributed by atoms with van der Waals surface area (Å²) in [6, 6.07) is 8.99. The summed E-state index contributed by atoms with van der Waals surface area (Å²) >= 11 is 0. The zero-order valence-corrected chi connectivity index (χ0v) is 16.4. The Hall–Kier alpha value is -2.83. The lowest BCUT2D eigenvalue weighted by Crippen LogP contribution is -2.34. The number of ether oxygens (including phenoxy) is 1. The van der Waals surface area contributed by atoms with Gasteiger partial charge in [0, 0.05) is 24.7 Å². The van der Waals surface area contributed by atoms with E-state index in [9.17, 15) is 9.59 Å². The first-order chi connectivity index (χ1) is 13.6. The summed E-state index contributed by atoms with van der Waals surface area (Å²) in [5, 5.41) is 7.10. The Kier molecular flexibility index (Phi) is 6.68. The van der Waals surface area contributed by atoms with Crippen LogP contribution in [0.1, 0.15) is 56.2 Å². The number of aryl methyl sites for hydroxylation is 1. The van der Waals surface area contributed by atoms with Crippen LogP contribution in [0.15, 0.2) is 34.9 Å². The summed E-state index contributed by atoms with van der Waals surface area (Å²) in [5.41, 5.74) is 2.36.